The van der Waals surface area contributed by atoms with E-state index in [-0.39, 0.29) is 47.8 Å². The molecule has 2 N–H and O–H groups in total. The molecule has 5 amide bonds. The van der Waals surface area contributed by atoms with Gasteiger partial charge in [0.2, 0.25) is 11.8 Å². The number of carbonyl (C=O) groups excluding carboxylic acids is 4. The summed E-state index contributed by atoms with van der Waals surface area (Å²) in [5.41, 5.74) is 1.72. The second-order valence-electron chi connectivity index (χ2n) is 10.8. The summed E-state index contributed by atoms with van der Waals surface area (Å²) in [7, 11) is 0. The number of urea groups is 1. The number of hydrogen-bond donors (Lipinski definition) is 2. The molecule has 3 atom stereocenters. The first-order valence-corrected chi connectivity index (χ1v) is 12.0. The van der Waals surface area contributed by atoms with Crippen molar-refractivity contribution in [1.82, 2.24) is 25.3 Å². The first-order chi connectivity index (χ1) is 16.0. The van der Waals surface area contributed by atoms with Crippen LogP contribution in [-0.4, -0.2) is 88.8 Å². The third kappa shape index (κ3) is 4.60. The SMILES string of the molecule is CC(C)NC(=O)NC1CC2C(=O)N3CCN(C(=O)c4ccc(C(C)(C)C)cc4)CC3C(=O)N2C1. The highest BCUT2D eigenvalue weighted by atomic mass is 16.2. The molecule has 3 saturated heterocycles. The van der Waals surface area contributed by atoms with Crippen LogP contribution >= 0.6 is 0 Å². The van der Waals surface area contributed by atoms with Crippen LogP contribution in [0.3, 0.4) is 0 Å². The average Bonchev–Trinajstić information content (AvgIpc) is 3.19. The van der Waals surface area contributed by atoms with E-state index in [9.17, 15) is 19.2 Å². The molecule has 3 unspecified atom stereocenters. The van der Waals surface area contributed by atoms with Crippen LogP contribution in [0.5, 0.6) is 0 Å². The van der Waals surface area contributed by atoms with Gasteiger partial charge in [0.15, 0.2) is 0 Å². The summed E-state index contributed by atoms with van der Waals surface area (Å²) in [5.74, 6) is -0.382. The Labute approximate surface area is 200 Å². The molecule has 9 nitrogen and oxygen atoms in total. The van der Waals surface area contributed by atoms with Gasteiger partial charge in [-0.15, -0.1) is 0 Å². The zero-order valence-corrected chi connectivity index (χ0v) is 20.6. The van der Waals surface area contributed by atoms with E-state index in [1.807, 2.05) is 38.1 Å². The van der Waals surface area contributed by atoms with Gasteiger partial charge in [-0.05, 0) is 43.4 Å². The number of nitrogens with zero attached hydrogens (tertiary/aromatic N) is 3. The normalized spacial score (nSPS) is 24.8. The van der Waals surface area contributed by atoms with Gasteiger partial charge in [-0.25, -0.2) is 4.79 Å². The summed E-state index contributed by atoms with van der Waals surface area (Å²) in [4.78, 5) is 56.6. The Morgan fingerprint density at radius 3 is 2.21 bits per heavy atom. The van der Waals surface area contributed by atoms with Gasteiger partial charge in [-0.1, -0.05) is 32.9 Å². The van der Waals surface area contributed by atoms with Crippen molar-refractivity contribution in [3.8, 4) is 0 Å². The fourth-order valence-corrected chi connectivity index (χ4v) is 5.03. The second-order valence-corrected chi connectivity index (χ2v) is 10.8. The third-order valence-corrected chi connectivity index (χ3v) is 6.86. The van der Waals surface area contributed by atoms with E-state index in [0.29, 0.717) is 31.6 Å². The van der Waals surface area contributed by atoms with E-state index in [2.05, 4.69) is 31.4 Å². The fourth-order valence-electron chi connectivity index (χ4n) is 5.03. The molecule has 0 aliphatic carbocycles. The Morgan fingerprint density at radius 1 is 0.941 bits per heavy atom. The molecule has 9 heteroatoms. The van der Waals surface area contributed by atoms with E-state index >= 15 is 0 Å². The lowest BCUT2D eigenvalue weighted by Gasteiger charge is -2.47. The quantitative estimate of drug-likeness (QED) is 0.697. The lowest BCUT2D eigenvalue weighted by Crippen LogP contribution is -2.69. The minimum Gasteiger partial charge on any atom is -0.336 e. The maximum absolute atomic E-state index is 13.3. The predicted molar refractivity (Wildman–Crippen MR) is 127 cm³/mol. The molecule has 3 aliphatic heterocycles. The number of piperazine rings is 2. The number of benzene rings is 1. The molecule has 184 valence electrons. The Hall–Kier alpha value is -3.10. The van der Waals surface area contributed by atoms with E-state index in [1.165, 1.54) is 0 Å². The van der Waals surface area contributed by atoms with Gasteiger partial charge in [0.05, 0.1) is 12.6 Å². The molecular weight excluding hydrogens is 434 g/mol. The monoisotopic (exact) mass is 469 g/mol. The van der Waals surface area contributed by atoms with E-state index in [1.54, 1.807) is 14.7 Å². The van der Waals surface area contributed by atoms with Gasteiger partial charge < -0.3 is 25.3 Å². The maximum atomic E-state index is 13.3. The molecule has 1 aromatic rings. The highest BCUT2D eigenvalue weighted by Gasteiger charge is 2.52. The minimum absolute atomic E-state index is 0.00344. The topological polar surface area (TPSA) is 102 Å². The molecule has 0 aromatic heterocycles. The number of nitrogens with one attached hydrogen (secondary N) is 2. The van der Waals surface area contributed by atoms with Crippen molar-refractivity contribution in [2.24, 2.45) is 0 Å². The lowest BCUT2D eigenvalue weighted by atomic mass is 9.86. The number of hydrogen-bond acceptors (Lipinski definition) is 4. The summed E-state index contributed by atoms with van der Waals surface area (Å²) in [5, 5.41) is 5.65. The highest BCUT2D eigenvalue weighted by molar-refractivity contribution is 6.00. The molecule has 3 aliphatic rings. The summed E-state index contributed by atoms with van der Waals surface area (Å²) in [6, 6.07) is 5.78. The van der Waals surface area contributed by atoms with Crippen LogP contribution in [0, 0.1) is 0 Å². The van der Waals surface area contributed by atoms with Crippen molar-refractivity contribution in [3.63, 3.8) is 0 Å². The van der Waals surface area contributed by atoms with Crippen molar-refractivity contribution in [3.05, 3.63) is 35.4 Å². The summed E-state index contributed by atoms with van der Waals surface area (Å²) in [6.45, 7) is 11.3. The average molecular weight is 470 g/mol. The van der Waals surface area contributed by atoms with Gasteiger partial charge in [0.25, 0.3) is 5.91 Å². The van der Waals surface area contributed by atoms with Crippen molar-refractivity contribution in [2.45, 2.75) is 70.6 Å². The van der Waals surface area contributed by atoms with Crippen LogP contribution in [0.25, 0.3) is 0 Å². The van der Waals surface area contributed by atoms with Gasteiger partial charge in [-0.3, -0.25) is 14.4 Å². The molecule has 4 rings (SSSR count). The lowest BCUT2D eigenvalue weighted by molar-refractivity contribution is -0.162. The molecular formula is C25H35N5O4. The molecule has 34 heavy (non-hydrogen) atoms. The van der Waals surface area contributed by atoms with Gasteiger partial charge >= 0.3 is 6.03 Å². The van der Waals surface area contributed by atoms with Crippen LogP contribution in [0.4, 0.5) is 4.79 Å². The van der Waals surface area contributed by atoms with Crippen LogP contribution in [0.2, 0.25) is 0 Å². The van der Waals surface area contributed by atoms with Crippen LogP contribution in [0.15, 0.2) is 24.3 Å². The first-order valence-electron chi connectivity index (χ1n) is 12.0. The smallest absolute Gasteiger partial charge is 0.315 e. The Morgan fingerprint density at radius 2 is 1.59 bits per heavy atom. The van der Waals surface area contributed by atoms with E-state index in [4.69, 9.17) is 0 Å². The zero-order valence-electron chi connectivity index (χ0n) is 20.6. The fraction of sp³-hybridized carbons (Fsp3) is 0.600. The molecule has 0 bridgehead atoms. The molecule has 0 saturated carbocycles. The van der Waals surface area contributed by atoms with Gasteiger partial charge in [0, 0.05) is 31.2 Å². The van der Waals surface area contributed by atoms with E-state index < -0.39 is 12.1 Å². The zero-order chi connectivity index (χ0) is 24.8. The van der Waals surface area contributed by atoms with Crippen LogP contribution < -0.4 is 10.6 Å². The molecule has 0 radical (unpaired) electrons. The number of carbonyl (C=O) groups is 4. The highest BCUT2D eigenvalue weighted by Crippen LogP contribution is 2.30. The van der Waals surface area contributed by atoms with Gasteiger partial charge in [0.1, 0.15) is 12.1 Å². The Kier molecular flexibility index (Phi) is 6.31. The number of fused-ring (bicyclic) bond motifs is 2. The van der Waals surface area contributed by atoms with E-state index in [0.717, 1.165) is 5.56 Å². The summed E-state index contributed by atoms with van der Waals surface area (Å²) < 4.78 is 0. The molecule has 0 spiro atoms. The van der Waals surface area contributed by atoms with Crippen molar-refractivity contribution in [1.29, 1.82) is 0 Å². The largest absolute Gasteiger partial charge is 0.336 e. The Bertz CT molecular complexity index is 984. The number of amides is 5. The molecule has 3 heterocycles. The third-order valence-electron chi connectivity index (χ3n) is 6.86. The Balaban J connectivity index is 1.43. The molecule has 1 aromatic carbocycles. The molecule has 3 fully saturated rings. The van der Waals surface area contributed by atoms with Crippen LogP contribution in [-0.2, 0) is 15.0 Å². The van der Waals surface area contributed by atoms with Crippen molar-refractivity contribution in [2.75, 3.05) is 26.2 Å². The predicted octanol–water partition coefficient (Wildman–Crippen LogP) is 1.33. The number of rotatable bonds is 3. The second kappa shape index (κ2) is 8.92. The van der Waals surface area contributed by atoms with Gasteiger partial charge in [-0.2, -0.15) is 0 Å². The maximum Gasteiger partial charge on any atom is 0.315 e. The first kappa shape index (κ1) is 24.0. The van der Waals surface area contributed by atoms with Crippen LogP contribution in [0.1, 0.15) is 57.0 Å². The van der Waals surface area contributed by atoms with Crippen molar-refractivity contribution >= 4 is 23.8 Å². The van der Waals surface area contributed by atoms with Crippen molar-refractivity contribution < 1.29 is 19.2 Å². The summed E-state index contributed by atoms with van der Waals surface area (Å²) >= 11 is 0. The summed E-state index contributed by atoms with van der Waals surface area (Å²) in [6.07, 6.45) is 0.405. The minimum atomic E-state index is -0.682. The standard InChI is InChI=1S/C25H35N5O4/c1-15(2)26-24(34)27-18-12-19-22(32)29-11-10-28(14-20(29)23(33)30(19)13-18)21(31)16-6-8-17(9-7-16)25(3,4)5/h6-9,15,18-20H,10-14H2,1-5H3,(H2,26,27,34).